The summed E-state index contributed by atoms with van der Waals surface area (Å²) in [6, 6.07) is 7.99. The number of benzene rings is 1. The van der Waals surface area contributed by atoms with Gasteiger partial charge < -0.3 is 11.1 Å². The first kappa shape index (κ1) is 13.5. The van der Waals surface area contributed by atoms with E-state index in [-0.39, 0.29) is 0 Å². The largest absolute Gasteiger partial charge is 0.385 e. The van der Waals surface area contributed by atoms with Gasteiger partial charge in [0.15, 0.2) is 0 Å². The maximum atomic E-state index is 5.77. The Morgan fingerprint density at radius 1 is 1.37 bits per heavy atom. The van der Waals surface area contributed by atoms with Gasteiger partial charge >= 0.3 is 0 Å². The van der Waals surface area contributed by atoms with Gasteiger partial charge in [-0.1, -0.05) is 19.9 Å². The monoisotopic (exact) mass is 260 g/mol. The van der Waals surface area contributed by atoms with Gasteiger partial charge in [-0.2, -0.15) is 0 Å². The van der Waals surface area contributed by atoms with Crippen molar-refractivity contribution in [2.75, 3.05) is 18.4 Å². The van der Waals surface area contributed by atoms with E-state index in [9.17, 15) is 0 Å². The second-order valence-corrected chi connectivity index (χ2v) is 4.93. The van der Waals surface area contributed by atoms with Gasteiger partial charge in [0.05, 0.1) is 5.69 Å². The lowest BCUT2D eigenvalue weighted by Gasteiger charge is -2.20. The van der Waals surface area contributed by atoms with E-state index >= 15 is 0 Å². The Labute approximate surface area is 113 Å². The Hall–Kier alpha value is -1.95. The second kappa shape index (κ2) is 6.29. The minimum absolute atomic E-state index is 0.469. The number of anilines is 1. The Balaban J connectivity index is 2.03. The predicted octanol–water partition coefficient (Wildman–Crippen LogP) is 1.31. The van der Waals surface area contributed by atoms with Crippen molar-refractivity contribution in [2.24, 2.45) is 17.6 Å². The fourth-order valence-electron chi connectivity index (χ4n) is 1.88. The number of hydrogen-bond donors (Lipinski definition) is 2. The van der Waals surface area contributed by atoms with Crippen LogP contribution in [0.25, 0.3) is 5.69 Å². The lowest BCUT2D eigenvalue weighted by atomic mass is 9.96. The van der Waals surface area contributed by atoms with E-state index < -0.39 is 0 Å². The first-order valence-electron chi connectivity index (χ1n) is 6.48. The zero-order valence-corrected chi connectivity index (χ0v) is 11.3. The number of tetrazole rings is 1. The molecule has 0 bridgehead atoms. The normalized spacial score (nSPS) is 12.6. The first-order chi connectivity index (χ1) is 9.20. The summed E-state index contributed by atoms with van der Waals surface area (Å²) in [7, 11) is 0. The van der Waals surface area contributed by atoms with Crippen molar-refractivity contribution in [3.05, 3.63) is 30.6 Å². The van der Waals surface area contributed by atoms with Crippen LogP contribution in [0.3, 0.4) is 0 Å². The minimum Gasteiger partial charge on any atom is -0.385 e. The van der Waals surface area contributed by atoms with Crippen LogP contribution < -0.4 is 11.1 Å². The molecule has 0 aliphatic heterocycles. The molecule has 0 saturated carbocycles. The highest BCUT2D eigenvalue weighted by molar-refractivity contribution is 5.50. The van der Waals surface area contributed by atoms with Crippen molar-refractivity contribution in [1.29, 1.82) is 0 Å². The molecular formula is C13H20N6. The van der Waals surface area contributed by atoms with Gasteiger partial charge in [-0.05, 0) is 47.0 Å². The second-order valence-electron chi connectivity index (χ2n) is 4.93. The highest BCUT2D eigenvalue weighted by atomic mass is 15.5. The van der Waals surface area contributed by atoms with E-state index in [1.54, 1.807) is 11.0 Å². The van der Waals surface area contributed by atoms with E-state index in [1.165, 1.54) is 0 Å². The summed E-state index contributed by atoms with van der Waals surface area (Å²) < 4.78 is 1.63. The number of nitrogens with one attached hydrogen (secondary N) is 1. The number of nitrogens with two attached hydrogens (primary N) is 1. The molecule has 0 spiro atoms. The Morgan fingerprint density at radius 2 is 2.21 bits per heavy atom. The molecule has 102 valence electrons. The molecule has 0 aliphatic rings. The van der Waals surface area contributed by atoms with Gasteiger partial charge in [-0.3, -0.25) is 0 Å². The average Bonchev–Trinajstić information content (AvgIpc) is 2.93. The maximum Gasteiger partial charge on any atom is 0.143 e. The van der Waals surface area contributed by atoms with Crippen LogP contribution in [0, 0.1) is 11.8 Å². The summed E-state index contributed by atoms with van der Waals surface area (Å²) in [5.74, 6) is 1.04. The summed E-state index contributed by atoms with van der Waals surface area (Å²) in [5, 5.41) is 14.6. The summed E-state index contributed by atoms with van der Waals surface area (Å²) in [5.41, 5.74) is 7.76. The molecule has 1 aromatic carbocycles. The van der Waals surface area contributed by atoms with Crippen LogP contribution in [0.5, 0.6) is 0 Å². The third-order valence-electron chi connectivity index (χ3n) is 3.27. The molecule has 6 nitrogen and oxygen atoms in total. The van der Waals surface area contributed by atoms with E-state index in [2.05, 4.69) is 34.7 Å². The molecule has 2 aromatic rings. The molecule has 19 heavy (non-hydrogen) atoms. The first-order valence-corrected chi connectivity index (χ1v) is 6.48. The van der Waals surface area contributed by atoms with Crippen LogP contribution in [0.2, 0.25) is 0 Å². The molecule has 1 aromatic heterocycles. The Bertz CT molecular complexity index is 494. The van der Waals surface area contributed by atoms with E-state index in [0.717, 1.165) is 17.9 Å². The average molecular weight is 260 g/mol. The molecule has 0 saturated heterocycles. The Kier molecular flexibility index (Phi) is 4.46. The van der Waals surface area contributed by atoms with Crippen LogP contribution in [0.1, 0.15) is 13.8 Å². The third-order valence-corrected chi connectivity index (χ3v) is 3.27. The lowest BCUT2D eigenvalue weighted by molar-refractivity contribution is 0.413. The van der Waals surface area contributed by atoms with Crippen molar-refractivity contribution in [1.82, 2.24) is 20.2 Å². The quantitative estimate of drug-likeness (QED) is 0.818. The van der Waals surface area contributed by atoms with Gasteiger partial charge in [0, 0.05) is 12.2 Å². The highest BCUT2D eigenvalue weighted by Gasteiger charge is 2.11. The molecule has 0 amide bonds. The van der Waals surface area contributed by atoms with Crippen LogP contribution >= 0.6 is 0 Å². The fourth-order valence-corrected chi connectivity index (χ4v) is 1.88. The lowest BCUT2D eigenvalue weighted by Crippen LogP contribution is -2.27. The molecule has 2 rings (SSSR count). The number of aromatic nitrogens is 4. The van der Waals surface area contributed by atoms with Crippen molar-refractivity contribution in [3.63, 3.8) is 0 Å². The van der Waals surface area contributed by atoms with Crippen LogP contribution in [0.4, 0.5) is 5.69 Å². The van der Waals surface area contributed by atoms with Gasteiger partial charge in [0.1, 0.15) is 6.33 Å². The molecule has 1 heterocycles. The number of hydrogen-bond acceptors (Lipinski definition) is 5. The fraction of sp³-hybridized carbons (Fsp3) is 0.462. The highest BCUT2D eigenvalue weighted by Crippen LogP contribution is 2.15. The standard InChI is InChI=1S/C13H20N6/c1-10(2)11(7-14)8-15-12-4-3-5-13(6-12)19-9-16-17-18-19/h3-6,9-11,15H,7-8,14H2,1-2H3. The predicted molar refractivity (Wildman–Crippen MR) is 75.0 cm³/mol. The summed E-state index contributed by atoms with van der Waals surface area (Å²) in [6.45, 7) is 5.94. The maximum absolute atomic E-state index is 5.77. The minimum atomic E-state index is 0.469. The van der Waals surface area contributed by atoms with E-state index in [0.29, 0.717) is 18.4 Å². The van der Waals surface area contributed by atoms with Crippen LogP contribution in [-0.4, -0.2) is 33.3 Å². The van der Waals surface area contributed by atoms with Crippen molar-refractivity contribution in [3.8, 4) is 5.69 Å². The molecule has 0 aliphatic carbocycles. The number of rotatable bonds is 6. The van der Waals surface area contributed by atoms with Gasteiger partial charge in [0.2, 0.25) is 0 Å². The van der Waals surface area contributed by atoms with E-state index in [1.807, 2.05) is 24.3 Å². The molecule has 6 heteroatoms. The molecule has 1 unspecified atom stereocenters. The molecule has 1 atom stereocenters. The summed E-state index contributed by atoms with van der Waals surface area (Å²) >= 11 is 0. The zero-order valence-electron chi connectivity index (χ0n) is 11.3. The van der Waals surface area contributed by atoms with Crippen LogP contribution in [0.15, 0.2) is 30.6 Å². The molecule has 0 fully saturated rings. The molecule has 3 N–H and O–H groups in total. The van der Waals surface area contributed by atoms with Crippen molar-refractivity contribution < 1.29 is 0 Å². The van der Waals surface area contributed by atoms with Gasteiger partial charge in [0.25, 0.3) is 0 Å². The third kappa shape index (κ3) is 3.51. The van der Waals surface area contributed by atoms with Crippen molar-refractivity contribution in [2.45, 2.75) is 13.8 Å². The smallest absolute Gasteiger partial charge is 0.143 e. The topological polar surface area (TPSA) is 81.6 Å². The van der Waals surface area contributed by atoms with Gasteiger partial charge in [-0.25, -0.2) is 4.68 Å². The summed E-state index contributed by atoms with van der Waals surface area (Å²) in [6.07, 6.45) is 1.58. The molecular weight excluding hydrogens is 240 g/mol. The molecule has 0 radical (unpaired) electrons. The number of nitrogens with zero attached hydrogens (tertiary/aromatic N) is 4. The van der Waals surface area contributed by atoms with Gasteiger partial charge in [-0.15, -0.1) is 5.10 Å². The summed E-state index contributed by atoms with van der Waals surface area (Å²) in [4.78, 5) is 0. The van der Waals surface area contributed by atoms with Crippen molar-refractivity contribution >= 4 is 5.69 Å². The zero-order chi connectivity index (χ0) is 13.7. The SMILES string of the molecule is CC(C)C(CN)CNc1cccc(-n2cnnn2)c1. The Morgan fingerprint density at radius 3 is 2.84 bits per heavy atom. The van der Waals surface area contributed by atoms with Crippen LogP contribution in [-0.2, 0) is 0 Å². The van der Waals surface area contributed by atoms with E-state index in [4.69, 9.17) is 5.73 Å².